The average molecular weight is 344 g/mol. The Morgan fingerprint density at radius 2 is 1.88 bits per heavy atom. The van der Waals surface area contributed by atoms with Crippen LogP contribution in [-0.2, 0) is 4.79 Å². The third-order valence-corrected chi connectivity index (χ3v) is 5.06. The van der Waals surface area contributed by atoms with Gasteiger partial charge in [-0.3, -0.25) is 4.79 Å². The van der Waals surface area contributed by atoms with E-state index >= 15 is 0 Å². The molecule has 1 aromatic carbocycles. The first kappa shape index (κ1) is 17.6. The van der Waals surface area contributed by atoms with E-state index in [4.69, 9.17) is 9.47 Å². The first-order valence-electron chi connectivity index (χ1n) is 9.17. The number of allylic oxidation sites excluding steroid dienone is 1. The number of amides is 1. The van der Waals surface area contributed by atoms with Crippen molar-refractivity contribution in [2.24, 2.45) is 0 Å². The maximum absolute atomic E-state index is 12.5. The molecule has 1 aliphatic carbocycles. The molecular weight excluding hydrogens is 316 g/mol. The van der Waals surface area contributed by atoms with Gasteiger partial charge in [0.05, 0.1) is 14.2 Å². The van der Waals surface area contributed by atoms with Crippen LogP contribution in [0.2, 0.25) is 0 Å². The maximum Gasteiger partial charge on any atom is 0.247 e. The summed E-state index contributed by atoms with van der Waals surface area (Å²) in [5.41, 5.74) is 2.04. The second kappa shape index (κ2) is 8.28. The highest BCUT2D eigenvalue weighted by Gasteiger charge is 2.25. The Morgan fingerprint density at radius 3 is 2.60 bits per heavy atom. The van der Waals surface area contributed by atoms with E-state index in [1.54, 1.807) is 14.2 Å². The largest absolute Gasteiger partial charge is 0.497 e. The molecule has 2 aliphatic rings. The molecule has 0 unspecified atom stereocenters. The molecular formula is C20H28N2O3. The van der Waals surface area contributed by atoms with Gasteiger partial charge in [-0.15, -0.1) is 0 Å². The SMILES string of the molecule is COc1cc(OC)cc(N2CC[C@H](NC(=O)C3=CCCCCC3)C2)c1. The summed E-state index contributed by atoms with van der Waals surface area (Å²) in [4.78, 5) is 14.8. The molecule has 136 valence electrons. The van der Waals surface area contributed by atoms with Crippen molar-refractivity contribution in [2.75, 3.05) is 32.2 Å². The van der Waals surface area contributed by atoms with E-state index in [1.165, 1.54) is 12.8 Å². The predicted octanol–water partition coefficient (Wildman–Crippen LogP) is 3.29. The molecule has 0 spiro atoms. The third kappa shape index (κ3) is 4.47. The zero-order chi connectivity index (χ0) is 17.6. The monoisotopic (exact) mass is 344 g/mol. The summed E-state index contributed by atoms with van der Waals surface area (Å²) in [5.74, 6) is 1.69. The molecule has 5 heteroatoms. The Morgan fingerprint density at radius 1 is 1.12 bits per heavy atom. The van der Waals surface area contributed by atoms with Crippen LogP contribution in [0.25, 0.3) is 0 Å². The fourth-order valence-corrected chi connectivity index (χ4v) is 3.59. The normalized spacial score (nSPS) is 20.6. The van der Waals surface area contributed by atoms with Crippen molar-refractivity contribution in [3.63, 3.8) is 0 Å². The molecule has 1 saturated heterocycles. The fourth-order valence-electron chi connectivity index (χ4n) is 3.59. The smallest absolute Gasteiger partial charge is 0.247 e. The number of ether oxygens (including phenoxy) is 2. The van der Waals surface area contributed by atoms with E-state index in [0.717, 1.165) is 61.5 Å². The third-order valence-electron chi connectivity index (χ3n) is 5.06. The van der Waals surface area contributed by atoms with Gasteiger partial charge in [0.25, 0.3) is 0 Å². The Bertz CT molecular complexity index is 620. The first-order chi connectivity index (χ1) is 12.2. The minimum atomic E-state index is 0.122. The molecule has 0 aromatic heterocycles. The van der Waals surface area contributed by atoms with Crippen molar-refractivity contribution in [3.05, 3.63) is 29.8 Å². The van der Waals surface area contributed by atoms with Gasteiger partial charge in [0.1, 0.15) is 11.5 Å². The highest BCUT2D eigenvalue weighted by atomic mass is 16.5. The number of rotatable bonds is 5. The number of carbonyl (C=O) groups excluding carboxylic acids is 1. The summed E-state index contributed by atoms with van der Waals surface area (Å²) in [6.45, 7) is 1.73. The highest BCUT2D eigenvalue weighted by Crippen LogP contribution is 2.30. The number of hydrogen-bond acceptors (Lipinski definition) is 4. The Kier molecular flexibility index (Phi) is 5.84. The van der Waals surface area contributed by atoms with E-state index in [0.29, 0.717) is 0 Å². The molecule has 1 fully saturated rings. The molecule has 1 aliphatic heterocycles. The first-order valence-corrected chi connectivity index (χ1v) is 9.17. The fraction of sp³-hybridized carbons (Fsp3) is 0.550. The number of nitrogens with one attached hydrogen (secondary N) is 1. The van der Waals surface area contributed by atoms with Gasteiger partial charge < -0.3 is 19.7 Å². The van der Waals surface area contributed by atoms with Crippen molar-refractivity contribution in [3.8, 4) is 11.5 Å². The lowest BCUT2D eigenvalue weighted by molar-refractivity contribution is -0.118. The topological polar surface area (TPSA) is 50.8 Å². The molecule has 3 rings (SSSR count). The van der Waals surface area contributed by atoms with Crippen molar-refractivity contribution >= 4 is 11.6 Å². The van der Waals surface area contributed by atoms with Crippen LogP contribution in [0.5, 0.6) is 11.5 Å². The van der Waals surface area contributed by atoms with E-state index in [9.17, 15) is 4.79 Å². The van der Waals surface area contributed by atoms with Crippen LogP contribution in [0.15, 0.2) is 29.8 Å². The number of methoxy groups -OCH3 is 2. The van der Waals surface area contributed by atoms with Crippen molar-refractivity contribution < 1.29 is 14.3 Å². The van der Waals surface area contributed by atoms with Gasteiger partial charge in [0, 0.05) is 48.6 Å². The molecule has 0 saturated carbocycles. The lowest BCUT2D eigenvalue weighted by Gasteiger charge is -2.21. The van der Waals surface area contributed by atoms with Crippen LogP contribution in [0.1, 0.15) is 38.5 Å². The molecule has 1 atom stereocenters. The average Bonchev–Trinajstić information content (AvgIpc) is 2.93. The minimum Gasteiger partial charge on any atom is -0.497 e. The van der Waals surface area contributed by atoms with Crippen LogP contribution >= 0.6 is 0 Å². The maximum atomic E-state index is 12.5. The molecule has 1 N–H and O–H groups in total. The molecule has 5 nitrogen and oxygen atoms in total. The molecule has 1 aromatic rings. The number of carbonyl (C=O) groups is 1. The van der Waals surface area contributed by atoms with Gasteiger partial charge in [0.2, 0.25) is 5.91 Å². The number of hydrogen-bond donors (Lipinski definition) is 1. The lowest BCUT2D eigenvalue weighted by atomic mass is 10.1. The van der Waals surface area contributed by atoms with E-state index in [1.807, 2.05) is 18.2 Å². The summed E-state index contributed by atoms with van der Waals surface area (Å²) < 4.78 is 10.7. The zero-order valence-electron chi connectivity index (χ0n) is 15.2. The van der Waals surface area contributed by atoms with Gasteiger partial charge in [-0.05, 0) is 32.1 Å². The van der Waals surface area contributed by atoms with Crippen LogP contribution in [-0.4, -0.2) is 39.3 Å². The standard InChI is InChI=1S/C20H28N2O3/c1-24-18-11-17(12-19(13-18)25-2)22-10-9-16(14-22)21-20(23)15-7-5-3-4-6-8-15/h7,11-13,16H,3-6,8-10,14H2,1-2H3,(H,21,23)/t16-/m0/s1. The molecule has 0 radical (unpaired) electrons. The second-order valence-corrected chi connectivity index (χ2v) is 6.80. The molecule has 0 bridgehead atoms. The zero-order valence-corrected chi connectivity index (χ0v) is 15.2. The van der Waals surface area contributed by atoms with Crippen molar-refractivity contribution in [1.29, 1.82) is 0 Å². The Balaban J connectivity index is 1.61. The predicted molar refractivity (Wildman–Crippen MR) is 99.5 cm³/mol. The highest BCUT2D eigenvalue weighted by molar-refractivity contribution is 5.93. The number of benzene rings is 1. The summed E-state index contributed by atoms with van der Waals surface area (Å²) in [6, 6.07) is 6.09. The Labute approximate surface area is 150 Å². The Hall–Kier alpha value is -2.17. The summed E-state index contributed by atoms with van der Waals surface area (Å²) in [7, 11) is 3.32. The van der Waals surface area contributed by atoms with Crippen LogP contribution in [0.4, 0.5) is 5.69 Å². The van der Waals surface area contributed by atoms with Gasteiger partial charge in [-0.2, -0.15) is 0 Å². The van der Waals surface area contributed by atoms with Crippen molar-refractivity contribution in [1.82, 2.24) is 5.32 Å². The molecule has 1 amide bonds. The van der Waals surface area contributed by atoms with Crippen LogP contribution < -0.4 is 19.7 Å². The van der Waals surface area contributed by atoms with Crippen LogP contribution in [0.3, 0.4) is 0 Å². The summed E-state index contributed by atoms with van der Waals surface area (Å²) in [6.07, 6.45) is 8.58. The number of nitrogens with zero attached hydrogens (tertiary/aromatic N) is 1. The van der Waals surface area contributed by atoms with Gasteiger partial charge in [-0.1, -0.05) is 12.5 Å². The lowest BCUT2D eigenvalue weighted by Crippen LogP contribution is -2.37. The van der Waals surface area contributed by atoms with Gasteiger partial charge in [0.15, 0.2) is 0 Å². The van der Waals surface area contributed by atoms with E-state index in [2.05, 4.69) is 16.3 Å². The molecule has 1 heterocycles. The van der Waals surface area contributed by atoms with E-state index in [-0.39, 0.29) is 11.9 Å². The second-order valence-electron chi connectivity index (χ2n) is 6.80. The van der Waals surface area contributed by atoms with Gasteiger partial charge in [-0.25, -0.2) is 0 Å². The quantitative estimate of drug-likeness (QED) is 0.890. The van der Waals surface area contributed by atoms with Crippen LogP contribution in [0, 0.1) is 0 Å². The van der Waals surface area contributed by atoms with Crippen molar-refractivity contribution in [2.45, 2.75) is 44.6 Å². The molecule has 25 heavy (non-hydrogen) atoms. The summed E-state index contributed by atoms with van der Waals surface area (Å²) in [5, 5.41) is 3.22. The minimum absolute atomic E-state index is 0.122. The number of anilines is 1. The van der Waals surface area contributed by atoms with E-state index < -0.39 is 0 Å². The van der Waals surface area contributed by atoms with Gasteiger partial charge >= 0.3 is 0 Å². The summed E-state index contributed by atoms with van der Waals surface area (Å²) >= 11 is 0.